The SMILES string of the molecule is c1ncc(CN2CCC(C3CCNCC3)CC2)cn1. The topological polar surface area (TPSA) is 41.1 Å². The first-order chi connectivity index (χ1) is 9.42. The summed E-state index contributed by atoms with van der Waals surface area (Å²) in [6.07, 6.45) is 11.0. The summed E-state index contributed by atoms with van der Waals surface area (Å²) < 4.78 is 0. The fourth-order valence-electron chi connectivity index (χ4n) is 3.57. The third-order valence-electron chi connectivity index (χ3n) is 4.70. The molecular weight excluding hydrogens is 236 g/mol. The van der Waals surface area contributed by atoms with E-state index in [-0.39, 0.29) is 0 Å². The molecule has 1 N–H and O–H groups in total. The minimum Gasteiger partial charge on any atom is -0.317 e. The van der Waals surface area contributed by atoms with E-state index in [4.69, 9.17) is 0 Å². The van der Waals surface area contributed by atoms with E-state index in [2.05, 4.69) is 20.2 Å². The highest BCUT2D eigenvalue weighted by molar-refractivity contribution is 5.02. The van der Waals surface area contributed by atoms with E-state index >= 15 is 0 Å². The zero-order valence-corrected chi connectivity index (χ0v) is 11.6. The Kier molecular flexibility index (Phi) is 4.41. The van der Waals surface area contributed by atoms with E-state index in [1.807, 2.05) is 12.4 Å². The van der Waals surface area contributed by atoms with Crippen molar-refractivity contribution in [3.63, 3.8) is 0 Å². The van der Waals surface area contributed by atoms with Crippen LogP contribution >= 0.6 is 0 Å². The van der Waals surface area contributed by atoms with Crippen LogP contribution in [0.25, 0.3) is 0 Å². The molecule has 2 fully saturated rings. The lowest BCUT2D eigenvalue weighted by atomic mass is 9.79. The van der Waals surface area contributed by atoms with Crippen molar-refractivity contribution in [1.29, 1.82) is 0 Å². The van der Waals surface area contributed by atoms with Gasteiger partial charge in [-0.2, -0.15) is 0 Å². The van der Waals surface area contributed by atoms with Crippen LogP contribution in [0.1, 0.15) is 31.2 Å². The molecule has 0 amide bonds. The van der Waals surface area contributed by atoms with Gasteiger partial charge in [-0.25, -0.2) is 9.97 Å². The van der Waals surface area contributed by atoms with Crippen molar-refractivity contribution < 1.29 is 0 Å². The second-order valence-corrected chi connectivity index (χ2v) is 5.95. The van der Waals surface area contributed by atoms with Gasteiger partial charge >= 0.3 is 0 Å². The normalized spacial score (nSPS) is 23.6. The lowest BCUT2D eigenvalue weighted by molar-refractivity contribution is 0.125. The smallest absolute Gasteiger partial charge is 0.115 e. The van der Waals surface area contributed by atoms with Crippen LogP contribution in [0.15, 0.2) is 18.7 Å². The lowest BCUT2D eigenvalue weighted by Gasteiger charge is -2.37. The van der Waals surface area contributed by atoms with Crippen molar-refractivity contribution in [2.24, 2.45) is 11.8 Å². The maximum Gasteiger partial charge on any atom is 0.115 e. The summed E-state index contributed by atoms with van der Waals surface area (Å²) in [5.74, 6) is 1.94. The molecule has 0 radical (unpaired) electrons. The molecule has 0 bridgehead atoms. The summed E-state index contributed by atoms with van der Waals surface area (Å²) in [4.78, 5) is 10.7. The van der Waals surface area contributed by atoms with Gasteiger partial charge in [-0.1, -0.05) is 0 Å². The molecule has 2 aliphatic rings. The Balaban J connectivity index is 1.46. The Labute approximate surface area is 115 Å². The van der Waals surface area contributed by atoms with Crippen LogP contribution in [-0.4, -0.2) is 41.0 Å². The number of nitrogens with one attached hydrogen (secondary N) is 1. The molecule has 4 heteroatoms. The highest BCUT2D eigenvalue weighted by atomic mass is 15.1. The molecule has 4 nitrogen and oxygen atoms in total. The maximum atomic E-state index is 4.09. The summed E-state index contributed by atoms with van der Waals surface area (Å²) >= 11 is 0. The Morgan fingerprint density at radius 1 is 1.00 bits per heavy atom. The standard InChI is InChI=1S/C15H24N4/c1-5-16-6-2-14(1)15-3-7-19(8-4-15)11-13-9-17-12-18-10-13/h9-10,12,14-16H,1-8,11H2. The molecule has 3 rings (SSSR count). The predicted octanol–water partition coefficient (Wildman–Crippen LogP) is 1.69. The molecule has 2 aliphatic heterocycles. The molecule has 3 heterocycles. The van der Waals surface area contributed by atoms with E-state index in [9.17, 15) is 0 Å². The van der Waals surface area contributed by atoms with Crippen molar-refractivity contribution in [2.45, 2.75) is 32.2 Å². The fraction of sp³-hybridized carbons (Fsp3) is 0.733. The number of hydrogen-bond donors (Lipinski definition) is 1. The van der Waals surface area contributed by atoms with Gasteiger partial charge in [0.2, 0.25) is 0 Å². The average Bonchev–Trinajstić information content (AvgIpc) is 2.50. The molecule has 0 spiro atoms. The Hall–Kier alpha value is -1.00. The second kappa shape index (κ2) is 6.44. The first kappa shape index (κ1) is 13.0. The van der Waals surface area contributed by atoms with Crippen LogP contribution in [0.4, 0.5) is 0 Å². The average molecular weight is 260 g/mol. The Morgan fingerprint density at radius 2 is 1.63 bits per heavy atom. The van der Waals surface area contributed by atoms with E-state index in [1.54, 1.807) is 6.33 Å². The van der Waals surface area contributed by atoms with Crippen molar-refractivity contribution >= 4 is 0 Å². The van der Waals surface area contributed by atoms with Crippen molar-refractivity contribution in [3.8, 4) is 0 Å². The molecule has 0 saturated carbocycles. The number of hydrogen-bond acceptors (Lipinski definition) is 4. The molecule has 19 heavy (non-hydrogen) atoms. The summed E-state index contributed by atoms with van der Waals surface area (Å²) in [5, 5.41) is 3.47. The van der Waals surface area contributed by atoms with Crippen molar-refractivity contribution in [3.05, 3.63) is 24.3 Å². The first-order valence-electron chi connectivity index (χ1n) is 7.59. The van der Waals surface area contributed by atoms with Gasteiger partial charge in [-0.3, -0.25) is 4.90 Å². The van der Waals surface area contributed by atoms with Gasteiger partial charge in [-0.05, 0) is 63.7 Å². The van der Waals surface area contributed by atoms with Crippen molar-refractivity contribution in [1.82, 2.24) is 20.2 Å². The predicted molar refractivity (Wildman–Crippen MR) is 75.6 cm³/mol. The van der Waals surface area contributed by atoms with Crippen LogP contribution in [0.3, 0.4) is 0 Å². The summed E-state index contributed by atoms with van der Waals surface area (Å²) in [6, 6.07) is 0. The molecule has 1 aromatic rings. The van der Waals surface area contributed by atoms with Crippen LogP contribution in [-0.2, 0) is 6.54 Å². The van der Waals surface area contributed by atoms with Gasteiger partial charge in [-0.15, -0.1) is 0 Å². The molecule has 2 saturated heterocycles. The van der Waals surface area contributed by atoms with Crippen LogP contribution < -0.4 is 5.32 Å². The molecule has 1 aromatic heterocycles. The number of aromatic nitrogens is 2. The number of nitrogens with zero attached hydrogens (tertiary/aromatic N) is 3. The molecule has 0 aromatic carbocycles. The highest BCUT2D eigenvalue weighted by Crippen LogP contribution is 2.31. The minimum absolute atomic E-state index is 0.963. The number of piperidine rings is 2. The minimum atomic E-state index is 0.963. The molecule has 104 valence electrons. The van der Waals surface area contributed by atoms with Gasteiger partial charge < -0.3 is 5.32 Å². The fourth-order valence-corrected chi connectivity index (χ4v) is 3.57. The third-order valence-corrected chi connectivity index (χ3v) is 4.70. The van der Waals surface area contributed by atoms with Crippen LogP contribution in [0.5, 0.6) is 0 Å². The van der Waals surface area contributed by atoms with Crippen LogP contribution in [0, 0.1) is 11.8 Å². The first-order valence-corrected chi connectivity index (χ1v) is 7.59. The maximum absolute atomic E-state index is 4.09. The third kappa shape index (κ3) is 3.51. The summed E-state index contributed by atoms with van der Waals surface area (Å²) in [6.45, 7) is 5.95. The van der Waals surface area contributed by atoms with E-state index in [1.165, 1.54) is 57.4 Å². The van der Waals surface area contributed by atoms with Gasteiger partial charge in [0.25, 0.3) is 0 Å². The zero-order chi connectivity index (χ0) is 12.9. The Bertz CT molecular complexity index is 367. The highest BCUT2D eigenvalue weighted by Gasteiger charge is 2.27. The molecule has 0 atom stereocenters. The van der Waals surface area contributed by atoms with Crippen molar-refractivity contribution in [2.75, 3.05) is 26.2 Å². The van der Waals surface area contributed by atoms with Gasteiger partial charge in [0, 0.05) is 24.5 Å². The molecule has 0 aliphatic carbocycles. The Morgan fingerprint density at radius 3 is 2.32 bits per heavy atom. The van der Waals surface area contributed by atoms with Gasteiger partial charge in [0.05, 0.1) is 0 Å². The molecule has 0 unspecified atom stereocenters. The number of rotatable bonds is 3. The molecular formula is C15H24N4. The monoisotopic (exact) mass is 260 g/mol. The van der Waals surface area contributed by atoms with E-state index < -0.39 is 0 Å². The largest absolute Gasteiger partial charge is 0.317 e. The lowest BCUT2D eigenvalue weighted by Crippen LogP contribution is -2.39. The zero-order valence-electron chi connectivity index (χ0n) is 11.6. The summed E-state index contributed by atoms with van der Waals surface area (Å²) in [7, 11) is 0. The second-order valence-electron chi connectivity index (χ2n) is 5.95. The van der Waals surface area contributed by atoms with Gasteiger partial charge in [0.1, 0.15) is 6.33 Å². The number of likely N-dealkylation sites (tertiary alicyclic amines) is 1. The van der Waals surface area contributed by atoms with Gasteiger partial charge in [0.15, 0.2) is 0 Å². The summed E-state index contributed by atoms with van der Waals surface area (Å²) in [5.41, 5.74) is 1.24. The van der Waals surface area contributed by atoms with Crippen LogP contribution in [0.2, 0.25) is 0 Å². The van der Waals surface area contributed by atoms with E-state index in [0.717, 1.165) is 18.4 Å². The van der Waals surface area contributed by atoms with E-state index in [0.29, 0.717) is 0 Å². The quantitative estimate of drug-likeness (QED) is 0.898.